The lowest BCUT2D eigenvalue weighted by Gasteiger charge is -2.22. The van der Waals surface area contributed by atoms with Gasteiger partial charge in [-0.1, -0.05) is 6.07 Å². The molecule has 14 heavy (non-hydrogen) atoms. The van der Waals surface area contributed by atoms with E-state index in [9.17, 15) is 0 Å². The second kappa shape index (κ2) is 3.10. The van der Waals surface area contributed by atoms with Gasteiger partial charge in [0.1, 0.15) is 5.82 Å². The molecule has 0 spiro atoms. The number of nitrogens with zero attached hydrogens (tertiary/aromatic N) is 2. The van der Waals surface area contributed by atoms with Crippen molar-refractivity contribution in [3.63, 3.8) is 0 Å². The van der Waals surface area contributed by atoms with Crippen molar-refractivity contribution in [3.8, 4) is 0 Å². The molecule has 0 aromatic carbocycles. The van der Waals surface area contributed by atoms with Gasteiger partial charge in [0.15, 0.2) is 0 Å². The zero-order valence-electron chi connectivity index (χ0n) is 8.78. The van der Waals surface area contributed by atoms with Gasteiger partial charge < -0.3 is 9.72 Å². The Kier molecular flexibility index (Phi) is 2.04. The molecule has 0 unspecified atom stereocenters. The second-order valence-electron chi connectivity index (χ2n) is 3.95. The van der Waals surface area contributed by atoms with Crippen molar-refractivity contribution >= 4 is 5.52 Å². The summed E-state index contributed by atoms with van der Waals surface area (Å²) in [6.07, 6.45) is 3.94. The maximum absolute atomic E-state index is 4.44. The lowest BCUT2D eigenvalue weighted by Crippen LogP contribution is -2.35. The predicted molar refractivity (Wildman–Crippen MR) is 57.3 cm³/mol. The third-order valence-electron chi connectivity index (χ3n) is 2.62. The lowest BCUT2D eigenvalue weighted by molar-refractivity contribution is 0.415. The summed E-state index contributed by atoms with van der Waals surface area (Å²) in [7, 11) is 1.95. The Morgan fingerprint density at radius 1 is 1.36 bits per heavy atom. The van der Waals surface area contributed by atoms with Crippen LogP contribution >= 0.6 is 0 Å². The number of rotatable bonds is 2. The molecule has 74 valence electrons. The van der Waals surface area contributed by atoms with Crippen LogP contribution in [0.4, 0.5) is 0 Å². The van der Waals surface area contributed by atoms with Crippen LogP contribution in [0.3, 0.4) is 0 Å². The molecule has 0 amide bonds. The second-order valence-corrected chi connectivity index (χ2v) is 3.95. The molecule has 1 N–H and O–H groups in total. The molecule has 2 aromatic rings. The zero-order valence-corrected chi connectivity index (χ0v) is 8.78. The van der Waals surface area contributed by atoms with Crippen LogP contribution in [0, 0.1) is 0 Å². The molecule has 2 rings (SSSR count). The van der Waals surface area contributed by atoms with Crippen molar-refractivity contribution in [1.82, 2.24) is 14.7 Å². The van der Waals surface area contributed by atoms with Crippen molar-refractivity contribution in [3.05, 3.63) is 36.4 Å². The van der Waals surface area contributed by atoms with Crippen molar-refractivity contribution in [2.75, 3.05) is 7.05 Å². The Labute approximate surface area is 83.8 Å². The van der Waals surface area contributed by atoms with E-state index in [1.807, 2.05) is 31.6 Å². The van der Waals surface area contributed by atoms with E-state index in [1.165, 1.54) is 0 Å². The Hall–Kier alpha value is -1.35. The molecule has 0 aliphatic carbocycles. The largest absolute Gasteiger partial charge is 0.308 e. The predicted octanol–water partition coefficient (Wildman–Crippen LogP) is 1.79. The van der Waals surface area contributed by atoms with Crippen molar-refractivity contribution in [2.24, 2.45) is 0 Å². The number of aromatic nitrogens is 2. The molecule has 2 aromatic heterocycles. The fraction of sp³-hybridized carbons (Fsp3) is 0.364. The van der Waals surface area contributed by atoms with Crippen molar-refractivity contribution in [1.29, 1.82) is 0 Å². The number of hydrogen-bond acceptors (Lipinski definition) is 2. The highest BCUT2D eigenvalue weighted by atomic mass is 15.1. The Balaban J connectivity index is 2.64. The average Bonchev–Trinajstić information content (AvgIpc) is 2.61. The summed E-state index contributed by atoms with van der Waals surface area (Å²) < 4.78 is 2.11. The molecule has 2 heterocycles. The summed E-state index contributed by atoms with van der Waals surface area (Å²) in [6, 6.07) is 6.10. The molecule has 0 fully saturated rings. The molecule has 0 aliphatic rings. The molecule has 3 heteroatoms. The van der Waals surface area contributed by atoms with Gasteiger partial charge in [-0.3, -0.25) is 0 Å². The first-order valence-electron chi connectivity index (χ1n) is 4.76. The third kappa shape index (κ3) is 1.30. The van der Waals surface area contributed by atoms with Gasteiger partial charge in [-0.05, 0) is 33.0 Å². The molecule has 0 atom stereocenters. The highest BCUT2D eigenvalue weighted by molar-refractivity contribution is 5.46. The summed E-state index contributed by atoms with van der Waals surface area (Å²) in [5.74, 6) is 1.04. The highest BCUT2D eigenvalue weighted by Gasteiger charge is 2.22. The smallest absolute Gasteiger partial charge is 0.133 e. The molecule has 0 saturated heterocycles. The molecular weight excluding hydrogens is 174 g/mol. The van der Waals surface area contributed by atoms with E-state index >= 15 is 0 Å². The molecule has 0 aliphatic heterocycles. The zero-order chi connectivity index (χ0) is 10.2. The fourth-order valence-electron chi connectivity index (χ4n) is 1.52. The molecule has 3 nitrogen and oxygen atoms in total. The number of nitrogens with one attached hydrogen (secondary N) is 1. The fourth-order valence-corrected chi connectivity index (χ4v) is 1.52. The number of imidazole rings is 1. The van der Waals surface area contributed by atoms with Gasteiger partial charge in [-0.25, -0.2) is 4.98 Å². The van der Waals surface area contributed by atoms with E-state index in [0.717, 1.165) is 11.3 Å². The van der Waals surface area contributed by atoms with Crippen LogP contribution in [0.15, 0.2) is 30.6 Å². The van der Waals surface area contributed by atoms with Gasteiger partial charge in [-0.2, -0.15) is 0 Å². The molecular formula is C11H15N3. The minimum Gasteiger partial charge on any atom is -0.308 e. The summed E-state index contributed by atoms with van der Waals surface area (Å²) in [5, 5.41) is 3.25. The van der Waals surface area contributed by atoms with Crippen LogP contribution in [0.5, 0.6) is 0 Å². The maximum atomic E-state index is 4.44. The monoisotopic (exact) mass is 189 g/mol. The first kappa shape index (κ1) is 9.21. The maximum Gasteiger partial charge on any atom is 0.133 e. The van der Waals surface area contributed by atoms with Gasteiger partial charge in [0, 0.05) is 6.20 Å². The highest BCUT2D eigenvalue weighted by Crippen LogP contribution is 2.19. The van der Waals surface area contributed by atoms with Gasteiger partial charge in [0.05, 0.1) is 17.3 Å². The topological polar surface area (TPSA) is 29.3 Å². The van der Waals surface area contributed by atoms with E-state index in [1.54, 1.807) is 0 Å². The van der Waals surface area contributed by atoms with Gasteiger partial charge in [0.2, 0.25) is 0 Å². The van der Waals surface area contributed by atoms with Crippen molar-refractivity contribution < 1.29 is 0 Å². The van der Waals surface area contributed by atoms with E-state index in [4.69, 9.17) is 0 Å². The lowest BCUT2D eigenvalue weighted by atomic mass is 10.1. The average molecular weight is 189 g/mol. The van der Waals surface area contributed by atoms with Crippen LogP contribution in [0.2, 0.25) is 0 Å². The Morgan fingerprint density at radius 2 is 2.14 bits per heavy atom. The number of fused-ring (bicyclic) bond motifs is 1. The minimum absolute atomic E-state index is 0.103. The van der Waals surface area contributed by atoms with Crippen LogP contribution in [0.25, 0.3) is 5.52 Å². The third-order valence-corrected chi connectivity index (χ3v) is 2.62. The SMILES string of the molecule is CNC(C)(C)c1ncc2ccccn12. The van der Waals surface area contributed by atoms with Crippen LogP contribution < -0.4 is 5.32 Å². The number of pyridine rings is 1. The normalized spacial score (nSPS) is 12.2. The number of hydrogen-bond donors (Lipinski definition) is 1. The quantitative estimate of drug-likeness (QED) is 0.780. The summed E-state index contributed by atoms with van der Waals surface area (Å²) >= 11 is 0. The summed E-state index contributed by atoms with van der Waals surface area (Å²) in [4.78, 5) is 4.44. The van der Waals surface area contributed by atoms with E-state index < -0.39 is 0 Å². The van der Waals surface area contributed by atoms with Gasteiger partial charge >= 0.3 is 0 Å². The first-order valence-corrected chi connectivity index (χ1v) is 4.76. The van der Waals surface area contributed by atoms with Crippen LogP contribution in [0.1, 0.15) is 19.7 Å². The van der Waals surface area contributed by atoms with Gasteiger partial charge in [-0.15, -0.1) is 0 Å². The Morgan fingerprint density at radius 3 is 2.86 bits per heavy atom. The summed E-state index contributed by atoms with van der Waals surface area (Å²) in [5.41, 5.74) is 1.03. The van der Waals surface area contributed by atoms with E-state index in [-0.39, 0.29) is 5.54 Å². The molecule has 0 bridgehead atoms. The van der Waals surface area contributed by atoms with E-state index in [0.29, 0.717) is 0 Å². The Bertz CT molecular complexity index is 442. The van der Waals surface area contributed by atoms with E-state index in [2.05, 4.69) is 34.6 Å². The van der Waals surface area contributed by atoms with Crippen LogP contribution in [-0.2, 0) is 5.54 Å². The molecule has 0 saturated carbocycles. The van der Waals surface area contributed by atoms with Crippen LogP contribution in [-0.4, -0.2) is 16.4 Å². The minimum atomic E-state index is -0.103. The van der Waals surface area contributed by atoms with Crippen molar-refractivity contribution in [2.45, 2.75) is 19.4 Å². The first-order chi connectivity index (χ1) is 6.65. The van der Waals surface area contributed by atoms with Gasteiger partial charge in [0.25, 0.3) is 0 Å². The molecule has 0 radical (unpaired) electrons. The standard InChI is InChI=1S/C11H15N3/c1-11(2,12-3)10-13-8-9-6-4-5-7-14(9)10/h4-8,12H,1-3H3. The summed E-state index contributed by atoms with van der Waals surface area (Å²) in [6.45, 7) is 4.24.